The van der Waals surface area contributed by atoms with E-state index >= 15 is 0 Å². The van der Waals surface area contributed by atoms with Gasteiger partial charge in [-0.15, -0.1) is 0 Å². The van der Waals surface area contributed by atoms with Gasteiger partial charge in [0, 0.05) is 17.8 Å². The highest BCUT2D eigenvalue weighted by Crippen LogP contribution is 2.43. The number of aromatic nitrogens is 3. The Morgan fingerprint density at radius 3 is 2.81 bits per heavy atom. The van der Waals surface area contributed by atoms with Crippen LogP contribution in [-0.2, 0) is 5.54 Å². The molecule has 0 bridgehead atoms. The van der Waals surface area contributed by atoms with Gasteiger partial charge >= 0.3 is 0 Å². The molecule has 2 saturated carbocycles. The van der Waals surface area contributed by atoms with E-state index in [1.807, 2.05) is 12.5 Å². The molecule has 0 aromatic carbocycles. The molecule has 0 unspecified atom stereocenters. The maximum absolute atomic E-state index is 6.16. The molecule has 0 aliphatic heterocycles. The summed E-state index contributed by atoms with van der Waals surface area (Å²) in [6.45, 7) is 0. The standard InChI is InChI=1S/C12H14N4/c13-12(3-4-12)8-5-10-11(14-6-8)16(7-15-10)9-1-2-9/h5-7,9H,1-4,13H2. The summed E-state index contributed by atoms with van der Waals surface area (Å²) < 4.78 is 2.19. The van der Waals surface area contributed by atoms with Gasteiger partial charge in [-0.3, -0.25) is 0 Å². The Morgan fingerprint density at radius 1 is 1.31 bits per heavy atom. The molecule has 0 saturated heterocycles. The molecule has 2 aliphatic carbocycles. The van der Waals surface area contributed by atoms with E-state index in [1.165, 1.54) is 12.8 Å². The third-order valence-electron chi connectivity index (χ3n) is 3.72. The van der Waals surface area contributed by atoms with Crippen molar-refractivity contribution in [1.29, 1.82) is 0 Å². The van der Waals surface area contributed by atoms with Gasteiger partial charge in [0.15, 0.2) is 5.65 Å². The zero-order valence-electron chi connectivity index (χ0n) is 9.06. The third-order valence-corrected chi connectivity index (χ3v) is 3.72. The number of hydrogen-bond acceptors (Lipinski definition) is 3. The topological polar surface area (TPSA) is 56.7 Å². The minimum atomic E-state index is -0.107. The van der Waals surface area contributed by atoms with Crippen LogP contribution in [0, 0.1) is 0 Å². The van der Waals surface area contributed by atoms with Gasteiger partial charge in [-0.2, -0.15) is 0 Å². The Balaban J connectivity index is 1.87. The molecule has 16 heavy (non-hydrogen) atoms. The Labute approximate surface area is 93.5 Å². The molecule has 0 radical (unpaired) electrons. The minimum Gasteiger partial charge on any atom is -0.321 e. The quantitative estimate of drug-likeness (QED) is 0.828. The van der Waals surface area contributed by atoms with E-state index in [1.54, 1.807) is 0 Å². The number of fused-ring (bicyclic) bond motifs is 1. The molecular formula is C12H14N4. The predicted octanol–water partition coefficient (Wildman–Crippen LogP) is 1.71. The van der Waals surface area contributed by atoms with Crippen molar-refractivity contribution in [3.05, 3.63) is 24.2 Å². The predicted molar refractivity (Wildman–Crippen MR) is 60.9 cm³/mol. The molecule has 82 valence electrons. The summed E-state index contributed by atoms with van der Waals surface area (Å²) in [5, 5.41) is 0. The Kier molecular flexibility index (Phi) is 1.43. The first-order valence-electron chi connectivity index (χ1n) is 5.88. The molecule has 4 nitrogen and oxygen atoms in total. The SMILES string of the molecule is NC1(c2cnc3c(c2)ncn3C2CC2)CC1. The van der Waals surface area contributed by atoms with E-state index in [9.17, 15) is 0 Å². The van der Waals surface area contributed by atoms with E-state index in [4.69, 9.17) is 5.73 Å². The number of pyridine rings is 1. The van der Waals surface area contributed by atoms with Crippen molar-refractivity contribution in [1.82, 2.24) is 14.5 Å². The Hall–Kier alpha value is -1.42. The van der Waals surface area contributed by atoms with Gasteiger partial charge in [0.05, 0.1) is 6.33 Å². The zero-order valence-corrected chi connectivity index (χ0v) is 9.06. The summed E-state index contributed by atoms with van der Waals surface area (Å²) in [4.78, 5) is 8.96. The molecule has 0 amide bonds. The lowest BCUT2D eigenvalue weighted by atomic mass is 10.1. The molecule has 0 spiro atoms. The van der Waals surface area contributed by atoms with Gasteiger partial charge in [-0.05, 0) is 37.3 Å². The van der Waals surface area contributed by atoms with Crippen LogP contribution in [0.3, 0.4) is 0 Å². The average Bonchev–Trinajstić information content (AvgIpc) is 3.21. The highest BCUT2D eigenvalue weighted by atomic mass is 15.1. The first kappa shape index (κ1) is 8.70. The lowest BCUT2D eigenvalue weighted by Crippen LogP contribution is -2.18. The molecule has 2 fully saturated rings. The molecule has 4 heteroatoms. The van der Waals surface area contributed by atoms with Crippen molar-refractivity contribution in [2.75, 3.05) is 0 Å². The highest BCUT2D eigenvalue weighted by Gasteiger charge is 2.40. The molecular weight excluding hydrogens is 200 g/mol. The van der Waals surface area contributed by atoms with Gasteiger partial charge in [-0.25, -0.2) is 9.97 Å². The second-order valence-corrected chi connectivity index (χ2v) is 5.11. The van der Waals surface area contributed by atoms with E-state index in [0.717, 1.165) is 29.6 Å². The smallest absolute Gasteiger partial charge is 0.160 e. The first-order valence-corrected chi connectivity index (χ1v) is 5.88. The van der Waals surface area contributed by atoms with Crippen molar-refractivity contribution in [2.45, 2.75) is 37.3 Å². The molecule has 2 heterocycles. The maximum Gasteiger partial charge on any atom is 0.160 e. The van der Waals surface area contributed by atoms with Gasteiger partial charge in [0.25, 0.3) is 0 Å². The van der Waals surface area contributed by atoms with Crippen LogP contribution < -0.4 is 5.73 Å². The molecule has 2 N–H and O–H groups in total. The van der Waals surface area contributed by atoms with Crippen LogP contribution in [0.15, 0.2) is 18.6 Å². The highest BCUT2D eigenvalue weighted by molar-refractivity contribution is 5.72. The van der Waals surface area contributed by atoms with Crippen molar-refractivity contribution in [3.63, 3.8) is 0 Å². The zero-order chi connectivity index (χ0) is 10.8. The summed E-state index contributed by atoms with van der Waals surface area (Å²) in [6, 6.07) is 2.74. The summed E-state index contributed by atoms with van der Waals surface area (Å²) in [7, 11) is 0. The Morgan fingerprint density at radius 2 is 2.12 bits per heavy atom. The van der Waals surface area contributed by atoms with E-state index in [-0.39, 0.29) is 5.54 Å². The third kappa shape index (κ3) is 1.13. The fourth-order valence-corrected chi connectivity index (χ4v) is 2.23. The van der Waals surface area contributed by atoms with E-state index in [2.05, 4.69) is 20.6 Å². The second-order valence-electron chi connectivity index (χ2n) is 5.11. The largest absolute Gasteiger partial charge is 0.321 e. The van der Waals surface area contributed by atoms with Crippen LogP contribution in [0.25, 0.3) is 11.2 Å². The summed E-state index contributed by atoms with van der Waals surface area (Å²) >= 11 is 0. The number of nitrogens with zero attached hydrogens (tertiary/aromatic N) is 3. The number of rotatable bonds is 2. The maximum atomic E-state index is 6.16. The van der Waals surface area contributed by atoms with Crippen LogP contribution in [0.5, 0.6) is 0 Å². The van der Waals surface area contributed by atoms with Gasteiger partial charge in [0.1, 0.15) is 5.52 Å². The van der Waals surface area contributed by atoms with Crippen molar-refractivity contribution in [2.24, 2.45) is 5.73 Å². The summed E-state index contributed by atoms with van der Waals surface area (Å²) in [6.07, 6.45) is 8.50. The summed E-state index contributed by atoms with van der Waals surface area (Å²) in [5.74, 6) is 0. The number of nitrogens with two attached hydrogens (primary N) is 1. The normalized spacial score (nSPS) is 22.6. The number of hydrogen-bond donors (Lipinski definition) is 1. The van der Waals surface area contributed by atoms with Gasteiger partial charge in [-0.1, -0.05) is 0 Å². The van der Waals surface area contributed by atoms with Crippen LogP contribution in [0.4, 0.5) is 0 Å². The minimum absolute atomic E-state index is 0.107. The summed E-state index contributed by atoms with van der Waals surface area (Å²) in [5.41, 5.74) is 9.19. The number of imidazole rings is 1. The lowest BCUT2D eigenvalue weighted by Gasteiger charge is -2.08. The lowest BCUT2D eigenvalue weighted by molar-refractivity contribution is 0.732. The van der Waals surface area contributed by atoms with E-state index < -0.39 is 0 Å². The van der Waals surface area contributed by atoms with Crippen LogP contribution in [0.2, 0.25) is 0 Å². The Bertz CT molecular complexity index is 563. The van der Waals surface area contributed by atoms with Crippen molar-refractivity contribution < 1.29 is 0 Å². The van der Waals surface area contributed by atoms with Gasteiger partial charge < -0.3 is 10.3 Å². The van der Waals surface area contributed by atoms with Crippen molar-refractivity contribution >= 4 is 11.2 Å². The monoisotopic (exact) mass is 214 g/mol. The van der Waals surface area contributed by atoms with Crippen LogP contribution >= 0.6 is 0 Å². The average molecular weight is 214 g/mol. The fourth-order valence-electron chi connectivity index (χ4n) is 2.23. The van der Waals surface area contributed by atoms with Crippen LogP contribution in [0.1, 0.15) is 37.3 Å². The second kappa shape index (κ2) is 2.63. The molecule has 2 aliphatic rings. The molecule has 2 aromatic rings. The molecule has 0 atom stereocenters. The molecule has 4 rings (SSSR count). The van der Waals surface area contributed by atoms with Gasteiger partial charge in [0.2, 0.25) is 0 Å². The van der Waals surface area contributed by atoms with Crippen LogP contribution in [-0.4, -0.2) is 14.5 Å². The van der Waals surface area contributed by atoms with E-state index in [0.29, 0.717) is 6.04 Å². The van der Waals surface area contributed by atoms with Crippen molar-refractivity contribution in [3.8, 4) is 0 Å². The first-order chi connectivity index (χ1) is 7.76. The molecule has 2 aromatic heterocycles. The fraction of sp³-hybridized carbons (Fsp3) is 0.500.